The van der Waals surface area contributed by atoms with Crippen LogP contribution in [0.2, 0.25) is 15.2 Å². The molecule has 5 N–H and O–H groups in total. The first kappa shape index (κ1) is 110. The third kappa shape index (κ3) is 39.3. The summed E-state index contributed by atoms with van der Waals surface area (Å²) in [4.78, 5) is 95.9. The number of anilines is 1. The first-order chi connectivity index (χ1) is 64.3. The molecule has 0 bridgehead atoms. The van der Waals surface area contributed by atoms with E-state index in [-0.39, 0.29) is 119 Å². The number of benzene rings is 3. The zero-order chi connectivity index (χ0) is 101. The second-order valence-electron chi connectivity index (χ2n) is 30.0. The second kappa shape index (κ2) is 51.3. The molecular formula is C86H85Cl3F7N17O20S4. The summed E-state index contributed by atoms with van der Waals surface area (Å²) in [5, 5.41) is 50.8. The molecule has 2 fully saturated rings. The molecule has 2 saturated carbocycles. The summed E-state index contributed by atoms with van der Waals surface area (Å²) in [6.07, 6.45) is 18.7. The Labute approximate surface area is 792 Å². The van der Waals surface area contributed by atoms with Gasteiger partial charge >= 0.3 is 5.97 Å². The van der Waals surface area contributed by atoms with Gasteiger partial charge in [-0.1, -0.05) is 71.7 Å². The predicted octanol–water partition coefficient (Wildman–Crippen LogP) is 14.2. The molecular weight excluding hydrogens is 1960 g/mol. The van der Waals surface area contributed by atoms with Crippen LogP contribution in [0.15, 0.2) is 188 Å². The zero-order valence-electron chi connectivity index (χ0n) is 72.7. The molecule has 0 radical (unpaired) electrons. The van der Waals surface area contributed by atoms with Crippen molar-refractivity contribution in [1.82, 2.24) is 54.4 Å². The predicted molar refractivity (Wildman–Crippen MR) is 494 cm³/mol. The van der Waals surface area contributed by atoms with Gasteiger partial charge < -0.3 is 21.2 Å². The van der Waals surface area contributed by atoms with Gasteiger partial charge in [0.2, 0.25) is 0 Å². The molecule has 9 aromatic heterocycles. The third-order valence-electron chi connectivity index (χ3n) is 18.4. The Hall–Kier alpha value is -13.7. The summed E-state index contributed by atoms with van der Waals surface area (Å²) in [6, 6.07) is 34.3. The summed E-state index contributed by atoms with van der Waals surface area (Å²) in [5.41, 5.74) is 15.7. The van der Waals surface area contributed by atoms with Crippen LogP contribution >= 0.6 is 34.8 Å². The molecule has 0 saturated heterocycles. The van der Waals surface area contributed by atoms with Crippen molar-refractivity contribution in [2.24, 2.45) is 5.73 Å². The molecule has 728 valence electrons. The number of pyridine rings is 7. The van der Waals surface area contributed by atoms with Gasteiger partial charge in [-0.05, 0) is 122 Å². The highest BCUT2D eigenvalue weighted by atomic mass is 35.5. The highest BCUT2D eigenvalue weighted by molar-refractivity contribution is 7.91. The van der Waals surface area contributed by atoms with E-state index in [0.29, 0.717) is 57.8 Å². The number of rotatable bonds is 30. The van der Waals surface area contributed by atoms with E-state index in [1.54, 1.807) is 36.4 Å². The Balaban J connectivity index is 0.000000220. The highest BCUT2D eigenvalue weighted by Crippen LogP contribution is 2.41. The average Bonchev–Trinajstić information content (AvgIpc) is 1.65. The van der Waals surface area contributed by atoms with Crippen molar-refractivity contribution < 1.29 is 98.4 Å². The minimum Gasteiger partial charge on any atom is -0.426 e. The number of esters is 1. The maximum absolute atomic E-state index is 14.3. The molecule has 2 aliphatic carbocycles. The number of H-pyrrole nitrogens is 1. The first-order valence-electron chi connectivity index (χ1n) is 40.1. The second-order valence-corrected chi connectivity index (χ2v) is 40.3. The van der Waals surface area contributed by atoms with Gasteiger partial charge in [0.25, 0.3) is 28.3 Å². The SMILES string of the molecule is C=Cc1ncc([N+](=O)[O-])cc1F.CS(=O)(=O)CCc1ncc(CC(=O)CCc2cc(C3CC3)nn2-c2cccc(Cl)c2)cc1F.CS(=O)(=O)CCc1ncc(CC(=O)Oc2ccccc2)cc1F.CS(=O)(=O)CCc1ncc(N)cc1F.CS(=O)(=O)CCc1ncc([N+](=O)[O-])cc1F.NCc1cc(C2CC2)nn1-c1cccc(Cl)c1.O=[N+]([O-])c1cnc(Cl)c(F)c1.O=c1[nH]cc([N+](=O)[O-])cc1F. The molecule has 0 atom stereocenters. The van der Waals surface area contributed by atoms with Crippen molar-refractivity contribution in [3.63, 3.8) is 0 Å². The number of halogens is 10. The quantitative estimate of drug-likeness (QED) is 0.00940. The minimum atomic E-state index is -3.21. The number of nitrogens with zero attached hydrogens (tertiary/aromatic N) is 14. The van der Waals surface area contributed by atoms with E-state index in [4.69, 9.17) is 56.1 Å². The lowest BCUT2D eigenvalue weighted by atomic mass is 10.0. The molecule has 37 nitrogen and oxygen atoms in total. The number of para-hydroxylation sites is 1. The molecule has 0 aliphatic heterocycles. The van der Waals surface area contributed by atoms with E-state index in [9.17, 15) is 119 Å². The summed E-state index contributed by atoms with van der Waals surface area (Å²) in [6.45, 7) is 3.79. The van der Waals surface area contributed by atoms with E-state index in [1.165, 1.54) is 49.6 Å². The Morgan fingerprint density at radius 2 is 0.876 bits per heavy atom. The van der Waals surface area contributed by atoms with Crippen LogP contribution in [0.3, 0.4) is 0 Å². The number of ketones is 1. The number of nitrogen functional groups attached to an aromatic ring is 1. The molecule has 137 heavy (non-hydrogen) atoms. The maximum atomic E-state index is 14.3. The number of carbonyl (C=O) groups is 2. The molecule has 0 amide bonds. The summed E-state index contributed by atoms with van der Waals surface area (Å²) in [7, 11) is -12.7. The smallest absolute Gasteiger partial charge is 0.315 e. The van der Waals surface area contributed by atoms with E-state index < -0.39 is 128 Å². The standard InChI is InChI=1S/C24H25ClFN3O3S.C16H16FNO4S.C13H14ClN3.C8H9FN2O4S.C8H11FN2O2S.C7H5FN2O2.C5H2ClFN2O2.C5H3FN2O3/c1-33(31,32)10-9-23-22(26)12-16(15-27-23)11-21(30)8-7-20-14-24(17-5-6-17)28-29(20)19-4-2-3-18(25)13-19;1-23(20,21)8-7-15-14(17)9-12(11-18-15)10-16(19)22-13-5-3-2-4-6-13;14-10-2-1-3-11(6-10)17-12(8-15)7-13(16-17)9-4-5-9;1-16(14,15)3-2-8-7(9)4-6(5-10-8)11(12)13;1-14(12,13)3-2-8-7(9)4-6(10)5-11-8;1-2-7-6(8)3-5(4-9-7)10(11)12;6-5-4(7)1-3(2-8-5)9(10)11;6-4-1-3(8(10)11)2-7-5(4)9/h2-4,12-15,17H,5-11H2,1H3;2-6,9,11H,7-8,10H2,1H3;1-3,6-7,9H,4-5,8,15H2;4-5H,2-3H2,1H3;4-5H,2-3,10H2,1H3;2-4H,1H2;1-2H;1-2H,(H,7,9). The van der Waals surface area contributed by atoms with Crippen molar-refractivity contribution in [3.05, 3.63) is 353 Å². The topological polar surface area (TPSA) is 550 Å². The molecule has 2 aliphatic rings. The number of aromatic nitrogens is 11. The molecule has 9 heterocycles. The number of aryl methyl sites for hydroxylation is 5. The average molecular weight is 2040 g/mol. The van der Waals surface area contributed by atoms with Crippen molar-refractivity contribution in [3.8, 4) is 17.1 Å². The van der Waals surface area contributed by atoms with Crippen LogP contribution < -0.4 is 21.8 Å². The van der Waals surface area contributed by atoms with Crippen LogP contribution in [0.5, 0.6) is 5.75 Å². The van der Waals surface area contributed by atoms with Gasteiger partial charge in [-0.25, -0.2) is 83.7 Å². The van der Waals surface area contributed by atoms with Gasteiger partial charge in [0.05, 0.1) is 148 Å². The third-order valence-corrected chi connectivity index (χ3v) is 23.0. The fourth-order valence-corrected chi connectivity index (χ4v) is 14.0. The lowest BCUT2D eigenvalue weighted by Crippen LogP contribution is -2.13. The first-order valence-corrected chi connectivity index (χ1v) is 49.4. The van der Waals surface area contributed by atoms with Crippen LogP contribution in [0.4, 0.5) is 59.2 Å². The van der Waals surface area contributed by atoms with Crippen molar-refractivity contribution >= 4 is 120 Å². The molecule has 0 spiro atoms. The number of ether oxygens (including phenoxy) is 1. The number of hydrogen-bond acceptors (Lipinski definition) is 30. The molecule has 12 aromatic rings. The number of carbonyl (C=O) groups excluding carboxylic acids is 2. The normalized spacial score (nSPS) is 12.0. The maximum Gasteiger partial charge on any atom is 0.315 e. The van der Waals surface area contributed by atoms with Crippen molar-refractivity contribution in [1.29, 1.82) is 0 Å². The minimum absolute atomic E-state index is 0.000587. The lowest BCUT2D eigenvalue weighted by molar-refractivity contribution is -0.385. The summed E-state index contributed by atoms with van der Waals surface area (Å²) >= 11 is 17.3. The number of nitrogens with one attached hydrogen (secondary N) is 1. The lowest BCUT2D eigenvalue weighted by Gasteiger charge is -2.08. The van der Waals surface area contributed by atoms with Crippen molar-refractivity contribution in [2.45, 2.75) is 95.4 Å². The number of aromatic amines is 1. The van der Waals surface area contributed by atoms with E-state index in [0.717, 1.165) is 121 Å². The van der Waals surface area contributed by atoms with Crippen LogP contribution in [0, 0.1) is 81.2 Å². The van der Waals surface area contributed by atoms with E-state index >= 15 is 0 Å². The summed E-state index contributed by atoms with van der Waals surface area (Å²) < 4.78 is 189. The number of nitro groups is 4. The van der Waals surface area contributed by atoms with Gasteiger partial charge in [-0.3, -0.25) is 74.8 Å². The molecule has 3 aromatic carbocycles. The van der Waals surface area contributed by atoms with Crippen molar-refractivity contribution in [2.75, 3.05) is 53.8 Å². The Morgan fingerprint density at radius 3 is 1.27 bits per heavy atom. The number of hydrogen-bond donors (Lipinski definition) is 3. The van der Waals surface area contributed by atoms with Crippen LogP contribution in [0.25, 0.3) is 17.5 Å². The summed E-state index contributed by atoms with van der Waals surface area (Å²) in [5.74, 6) is -5.14. The highest BCUT2D eigenvalue weighted by Gasteiger charge is 2.30. The van der Waals surface area contributed by atoms with Crippen LogP contribution in [-0.2, 0) is 100 Å². The largest absolute Gasteiger partial charge is 0.426 e. The Bertz CT molecular complexity index is 6920. The van der Waals surface area contributed by atoms with Crippen LogP contribution in [0.1, 0.15) is 106 Å². The molecule has 14 rings (SSSR count). The zero-order valence-corrected chi connectivity index (χ0v) is 78.2. The Kier molecular flexibility index (Phi) is 41.3. The fraction of sp³-hybridized carbons (Fsp3) is 0.267. The molecule has 0 unspecified atom stereocenters. The number of Topliss-reactive ketones (excluding diaryl/α,β-unsaturated/α-hetero) is 1. The fourth-order valence-electron chi connectivity index (χ4n) is 11.3. The van der Waals surface area contributed by atoms with Gasteiger partial charge in [-0.15, -0.1) is 0 Å². The van der Waals surface area contributed by atoms with Gasteiger partial charge in [0, 0.05) is 116 Å². The monoisotopic (exact) mass is 2040 g/mol. The number of sulfone groups is 4. The van der Waals surface area contributed by atoms with Crippen LogP contribution in [-0.4, -0.2) is 168 Å². The molecule has 51 heteroatoms. The van der Waals surface area contributed by atoms with E-state index in [1.807, 2.05) is 56.8 Å². The Morgan fingerprint density at radius 1 is 0.482 bits per heavy atom. The van der Waals surface area contributed by atoms with Gasteiger partial charge in [-0.2, -0.15) is 10.2 Å². The van der Waals surface area contributed by atoms with Gasteiger partial charge in [0.15, 0.2) is 28.4 Å². The van der Waals surface area contributed by atoms with E-state index in [2.05, 4.69) is 53.7 Å². The number of nitrogens with two attached hydrogens (primary N) is 2. The van der Waals surface area contributed by atoms with Gasteiger partial charge in [0.1, 0.15) is 86.9 Å².